The van der Waals surface area contributed by atoms with Crippen molar-refractivity contribution >= 4 is 11.8 Å². The van der Waals surface area contributed by atoms with E-state index < -0.39 is 0 Å². The number of nitrogens with one attached hydrogen (secondary N) is 1. The summed E-state index contributed by atoms with van der Waals surface area (Å²) in [5.74, 6) is 0.381. The standard InChI is InChI=1S/C16H21N3O2/c20-14-11-16(12-18-14)5-9-19(10-6-16)15(21)2-1-13-3-7-17-8-4-13/h3-4,7-8H,1-2,5-6,9-12H2,(H,18,20). The summed E-state index contributed by atoms with van der Waals surface area (Å²) in [7, 11) is 0. The number of aromatic nitrogens is 1. The summed E-state index contributed by atoms with van der Waals surface area (Å²) in [6.07, 6.45) is 7.34. The van der Waals surface area contributed by atoms with Crippen LogP contribution in [0, 0.1) is 5.41 Å². The van der Waals surface area contributed by atoms with Crippen molar-refractivity contribution < 1.29 is 9.59 Å². The molecule has 2 fully saturated rings. The first-order valence-corrected chi connectivity index (χ1v) is 7.60. The van der Waals surface area contributed by atoms with Crippen molar-refractivity contribution in [2.24, 2.45) is 5.41 Å². The first-order valence-electron chi connectivity index (χ1n) is 7.60. The fourth-order valence-corrected chi connectivity index (χ4v) is 3.29. The Bertz CT molecular complexity index is 522. The SMILES string of the molecule is O=C1CC2(CCN(C(=O)CCc3ccncc3)CC2)CN1. The number of hydrogen-bond donors (Lipinski definition) is 1. The molecule has 5 nitrogen and oxygen atoms in total. The van der Waals surface area contributed by atoms with Crippen molar-refractivity contribution in [2.75, 3.05) is 19.6 Å². The van der Waals surface area contributed by atoms with E-state index in [0.29, 0.717) is 12.8 Å². The zero-order valence-electron chi connectivity index (χ0n) is 12.2. The molecule has 1 aromatic heterocycles. The lowest BCUT2D eigenvalue weighted by atomic mass is 9.77. The number of carbonyl (C=O) groups excluding carboxylic acids is 2. The van der Waals surface area contributed by atoms with E-state index in [1.807, 2.05) is 17.0 Å². The summed E-state index contributed by atoms with van der Waals surface area (Å²) < 4.78 is 0. The lowest BCUT2D eigenvalue weighted by Gasteiger charge is -2.38. The Hall–Kier alpha value is -1.91. The quantitative estimate of drug-likeness (QED) is 0.907. The Morgan fingerprint density at radius 1 is 1.29 bits per heavy atom. The van der Waals surface area contributed by atoms with Gasteiger partial charge in [-0.1, -0.05) is 0 Å². The van der Waals surface area contributed by atoms with Gasteiger partial charge < -0.3 is 10.2 Å². The zero-order chi connectivity index (χ0) is 14.7. The number of rotatable bonds is 3. The minimum Gasteiger partial charge on any atom is -0.356 e. The predicted octanol–water partition coefficient (Wildman–Crippen LogP) is 1.14. The fraction of sp³-hybridized carbons (Fsp3) is 0.562. The number of pyridine rings is 1. The molecule has 21 heavy (non-hydrogen) atoms. The van der Waals surface area contributed by atoms with Gasteiger partial charge in [0, 0.05) is 44.9 Å². The van der Waals surface area contributed by atoms with E-state index in [1.54, 1.807) is 12.4 Å². The average Bonchev–Trinajstić information content (AvgIpc) is 2.87. The third kappa shape index (κ3) is 3.23. The molecular weight excluding hydrogens is 266 g/mol. The summed E-state index contributed by atoms with van der Waals surface area (Å²) >= 11 is 0. The highest BCUT2D eigenvalue weighted by molar-refractivity contribution is 5.79. The average molecular weight is 287 g/mol. The van der Waals surface area contributed by atoms with E-state index in [-0.39, 0.29) is 17.2 Å². The van der Waals surface area contributed by atoms with Gasteiger partial charge in [0.15, 0.2) is 0 Å². The minimum atomic E-state index is 0.110. The van der Waals surface area contributed by atoms with Gasteiger partial charge >= 0.3 is 0 Å². The van der Waals surface area contributed by atoms with Crippen molar-refractivity contribution in [3.05, 3.63) is 30.1 Å². The molecule has 0 saturated carbocycles. The first-order chi connectivity index (χ1) is 10.2. The Balaban J connectivity index is 1.48. The van der Waals surface area contributed by atoms with E-state index in [4.69, 9.17) is 0 Å². The second-order valence-electron chi connectivity index (χ2n) is 6.19. The predicted molar refractivity (Wildman–Crippen MR) is 78.4 cm³/mol. The Kier molecular flexibility index (Phi) is 3.90. The second-order valence-corrected chi connectivity index (χ2v) is 6.19. The topological polar surface area (TPSA) is 62.3 Å². The molecular formula is C16H21N3O2. The molecule has 0 unspecified atom stereocenters. The summed E-state index contributed by atoms with van der Waals surface area (Å²) in [5.41, 5.74) is 1.26. The van der Waals surface area contributed by atoms with Gasteiger partial charge in [-0.3, -0.25) is 14.6 Å². The highest BCUT2D eigenvalue weighted by Crippen LogP contribution is 2.37. The van der Waals surface area contributed by atoms with Crippen LogP contribution in [0.25, 0.3) is 0 Å². The first kappa shape index (κ1) is 14.0. The number of nitrogens with zero attached hydrogens (tertiary/aromatic N) is 2. The number of aryl methyl sites for hydroxylation is 1. The van der Waals surface area contributed by atoms with Crippen LogP contribution in [0.4, 0.5) is 0 Å². The molecule has 2 aliphatic heterocycles. The number of amides is 2. The molecule has 2 amide bonds. The van der Waals surface area contributed by atoms with Gasteiger partial charge in [0.25, 0.3) is 0 Å². The normalized spacial score (nSPS) is 20.6. The monoisotopic (exact) mass is 287 g/mol. The van der Waals surface area contributed by atoms with Crippen LogP contribution in [0.5, 0.6) is 0 Å². The van der Waals surface area contributed by atoms with E-state index in [0.717, 1.165) is 44.5 Å². The van der Waals surface area contributed by atoms with E-state index in [9.17, 15) is 9.59 Å². The fourth-order valence-electron chi connectivity index (χ4n) is 3.29. The molecule has 0 radical (unpaired) electrons. The van der Waals surface area contributed by atoms with Crippen LogP contribution in [-0.2, 0) is 16.0 Å². The van der Waals surface area contributed by atoms with Gasteiger partial charge in [0.1, 0.15) is 0 Å². The highest BCUT2D eigenvalue weighted by atomic mass is 16.2. The molecule has 1 aromatic rings. The van der Waals surface area contributed by atoms with Crippen LogP contribution < -0.4 is 5.32 Å². The Morgan fingerprint density at radius 2 is 2.00 bits per heavy atom. The van der Waals surface area contributed by atoms with Crippen LogP contribution in [0.2, 0.25) is 0 Å². The van der Waals surface area contributed by atoms with Crippen molar-refractivity contribution in [1.82, 2.24) is 15.2 Å². The lowest BCUT2D eigenvalue weighted by molar-refractivity contribution is -0.133. The third-order valence-corrected chi connectivity index (χ3v) is 4.75. The van der Waals surface area contributed by atoms with Crippen LogP contribution >= 0.6 is 0 Å². The largest absolute Gasteiger partial charge is 0.356 e. The Morgan fingerprint density at radius 3 is 2.62 bits per heavy atom. The maximum atomic E-state index is 12.3. The highest BCUT2D eigenvalue weighted by Gasteiger charge is 2.41. The maximum Gasteiger partial charge on any atom is 0.222 e. The molecule has 2 aliphatic rings. The van der Waals surface area contributed by atoms with Crippen molar-refractivity contribution in [3.8, 4) is 0 Å². The molecule has 3 heterocycles. The van der Waals surface area contributed by atoms with E-state index in [2.05, 4.69) is 10.3 Å². The molecule has 0 aromatic carbocycles. The van der Waals surface area contributed by atoms with Gasteiger partial charge in [-0.25, -0.2) is 0 Å². The Labute approximate surface area is 124 Å². The van der Waals surface area contributed by atoms with Crippen LogP contribution in [0.15, 0.2) is 24.5 Å². The van der Waals surface area contributed by atoms with Gasteiger partial charge in [-0.05, 0) is 42.4 Å². The molecule has 3 rings (SSSR count). The molecule has 5 heteroatoms. The molecule has 1 N–H and O–H groups in total. The number of hydrogen-bond acceptors (Lipinski definition) is 3. The van der Waals surface area contributed by atoms with Crippen LogP contribution in [0.3, 0.4) is 0 Å². The lowest BCUT2D eigenvalue weighted by Crippen LogP contribution is -2.44. The van der Waals surface area contributed by atoms with Crippen molar-refractivity contribution in [3.63, 3.8) is 0 Å². The van der Waals surface area contributed by atoms with Crippen LogP contribution in [0.1, 0.15) is 31.2 Å². The number of piperidine rings is 1. The third-order valence-electron chi connectivity index (χ3n) is 4.75. The summed E-state index contributed by atoms with van der Waals surface area (Å²) in [6, 6.07) is 3.91. The van der Waals surface area contributed by atoms with E-state index >= 15 is 0 Å². The molecule has 0 atom stereocenters. The number of carbonyl (C=O) groups is 2. The maximum absolute atomic E-state index is 12.3. The molecule has 2 saturated heterocycles. The van der Waals surface area contributed by atoms with E-state index in [1.165, 1.54) is 0 Å². The molecule has 0 bridgehead atoms. The minimum absolute atomic E-state index is 0.110. The smallest absolute Gasteiger partial charge is 0.222 e. The van der Waals surface area contributed by atoms with Crippen molar-refractivity contribution in [2.45, 2.75) is 32.1 Å². The number of likely N-dealkylation sites (tertiary alicyclic amines) is 1. The molecule has 0 aliphatic carbocycles. The summed E-state index contributed by atoms with van der Waals surface area (Å²) in [6.45, 7) is 2.35. The van der Waals surface area contributed by atoms with Gasteiger partial charge in [0.2, 0.25) is 11.8 Å². The van der Waals surface area contributed by atoms with Crippen LogP contribution in [-0.4, -0.2) is 41.3 Å². The summed E-state index contributed by atoms with van der Waals surface area (Å²) in [5, 5.41) is 2.92. The van der Waals surface area contributed by atoms with Crippen molar-refractivity contribution in [1.29, 1.82) is 0 Å². The van der Waals surface area contributed by atoms with Gasteiger partial charge in [-0.2, -0.15) is 0 Å². The molecule has 1 spiro atoms. The molecule has 112 valence electrons. The van der Waals surface area contributed by atoms with Gasteiger partial charge in [0.05, 0.1) is 0 Å². The second kappa shape index (κ2) is 5.84. The van der Waals surface area contributed by atoms with Gasteiger partial charge in [-0.15, -0.1) is 0 Å². The zero-order valence-corrected chi connectivity index (χ0v) is 12.2. The summed E-state index contributed by atoms with van der Waals surface area (Å²) in [4.78, 5) is 29.6.